The Hall–Kier alpha value is -1.40. The monoisotopic (exact) mass is 352 g/mol. The summed E-state index contributed by atoms with van der Waals surface area (Å²) in [5.74, 6) is 0.0680. The van der Waals surface area contributed by atoms with Crippen LogP contribution in [0.3, 0.4) is 0 Å². The van der Waals surface area contributed by atoms with Crippen molar-refractivity contribution in [3.05, 3.63) is 35.9 Å². The third-order valence-electron chi connectivity index (χ3n) is 4.68. The quantitative estimate of drug-likeness (QED) is 0.820. The number of amides is 1. The van der Waals surface area contributed by atoms with Gasteiger partial charge in [-0.2, -0.15) is 0 Å². The molecule has 24 heavy (non-hydrogen) atoms. The smallest absolute Gasteiger partial charge is 0.223 e. The fourth-order valence-corrected chi connectivity index (χ4v) is 4.30. The van der Waals surface area contributed by atoms with E-state index in [-0.39, 0.29) is 23.6 Å². The van der Waals surface area contributed by atoms with Gasteiger partial charge >= 0.3 is 0 Å². The van der Waals surface area contributed by atoms with Crippen molar-refractivity contribution in [1.29, 1.82) is 0 Å². The first-order valence-corrected chi connectivity index (χ1v) is 10.4. The molecule has 0 radical (unpaired) electrons. The van der Waals surface area contributed by atoms with E-state index >= 15 is 0 Å². The normalized spacial score (nSPS) is 18.2. The molecular weight excluding hydrogens is 324 g/mol. The fraction of sp³-hybridized carbons (Fsp3) is 0.611. The van der Waals surface area contributed by atoms with Crippen LogP contribution in [0.5, 0.6) is 0 Å². The Labute approximate surface area is 145 Å². The summed E-state index contributed by atoms with van der Waals surface area (Å²) in [5, 5.41) is 3.16. The van der Waals surface area contributed by atoms with E-state index in [1.807, 2.05) is 30.3 Å². The van der Waals surface area contributed by atoms with Crippen LogP contribution >= 0.6 is 0 Å². The molecule has 0 spiro atoms. The Kier molecular flexibility index (Phi) is 6.80. The maximum absolute atomic E-state index is 12.6. The first-order valence-electron chi connectivity index (χ1n) is 8.81. The molecule has 1 N–H and O–H groups in total. The Bertz CT molecular complexity index is 623. The SMILES string of the molecule is CCCC(NC(=O)C1CCN(S(=O)(=O)CC)CC1)c1ccccc1. The van der Waals surface area contributed by atoms with Gasteiger partial charge < -0.3 is 5.32 Å². The predicted octanol–water partition coefficient (Wildman–Crippen LogP) is 2.71. The van der Waals surface area contributed by atoms with E-state index in [0.29, 0.717) is 25.9 Å². The molecule has 1 aliphatic heterocycles. The van der Waals surface area contributed by atoms with Crippen LogP contribution < -0.4 is 5.32 Å². The molecule has 1 heterocycles. The minimum Gasteiger partial charge on any atom is -0.349 e. The zero-order chi connectivity index (χ0) is 17.6. The number of benzene rings is 1. The van der Waals surface area contributed by atoms with Gasteiger partial charge in [0.2, 0.25) is 15.9 Å². The summed E-state index contributed by atoms with van der Waals surface area (Å²) in [6.07, 6.45) is 3.09. The highest BCUT2D eigenvalue weighted by atomic mass is 32.2. The van der Waals surface area contributed by atoms with Gasteiger partial charge in [0.05, 0.1) is 11.8 Å². The summed E-state index contributed by atoms with van der Waals surface area (Å²) in [7, 11) is -3.14. The molecule has 1 amide bonds. The summed E-state index contributed by atoms with van der Waals surface area (Å²) in [6.45, 7) is 4.65. The highest BCUT2D eigenvalue weighted by molar-refractivity contribution is 7.89. The predicted molar refractivity (Wildman–Crippen MR) is 96.0 cm³/mol. The van der Waals surface area contributed by atoms with Gasteiger partial charge in [-0.3, -0.25) is 4.79 Å². The zero-order valence-electron chi connectivity index (χ0n) is 14.6. The number of hydrogen-bond acceptors (Lipinski definition) is 3. The molecule has 2 rings (SSSR count). The summed E-state index contributed by atoms with van der Waals surface area (Å²) in [5.41, 5.74) is 1.12. The van der Waals surface area contributed by atoms with Crippen molar-refractivity contribution >= 4 is 15.9 Å². The number of carbonyl (C=O) groups is 1. The molecule has 0 bridgehead atoms. The van der Waals surface area contributed by atoms with E-state index in [9.17, 15) is 13.2 Å². The third-order valence-corrected chi connectivity index (χ3v) is 6.56. The lowest BCUT2D eigenvalue weighted by molar-refractivity contribution is -0.127. The van der Waals surface area contributed by atoms with Crippen LogP contribution in [0.2, 0.25) is 0 Å². The van der Waals surface area contributed by atoms with Crippen LogP contribution in [-0.4, -0.2) is 37.5 Å². The molecular formula is C18H28N2O3S. The number of carbonyl (C=O) groups excluding carboxylic acids is 1. The number of rotatable bonds is 7. The van der Waals surface area contributed by atoms with E-state index < -0.39 is 10.0 Å². The van der Waals surface area contributed by atoms with Crippen molar-refractivity contribution in [2.45, 2.75) is 45.6 Å². The van der Waals surface area contributed by atoms with Crippen molar-refractivity contribution in [2.24, 2.45) is 5.92 Å². The van der Waals surface area contributed by atoms with Crippen molar-refractivity contribution in [2.75, 3.05) is 18.8 Å². The minimum absolute atomic E-state index is 0.0288. The van der Waals surface area contributed by atoms with Crippen LogP contribution in [0.15, 0.2) is 30.3 Å². The summed E-state index contributed by atoms with van der Waals surface area (Å²) < 4.78 is 25.3. The molecule has 1 saturated heterocycles. The number of sulfonamides is 1. The van der Waals surface area contributed by atoms with Crippen molar-refractivity contribution < 1.29 is 13.2 Å². The van der Waals surface area contributed by atoms with E-state index in [2.05, 4.69) is 12.2 Å². The van der Waals surface area contributed by atoms with Crippen LogP contribution in [0.4, 0.5) is 0 Å². The summed E-state index contributed by atoms with van der Waals surface area (Å²) in [6, 6.07) is 10.0. The van der Waals surface area contributed by atoms with Gasteiger partial charge in [0, 0.05) is 19.0 Å². The van der Waals surface area contributed by atoms with E-state index in [1.165, 1.54) is 4.31 Å². The van der Waals surface area contributed by atoms with Gasteiger partial charge in [-0.15, -0.1) is 0 Å². The van der Waals surface area contributed by atoms with Gasteiger partial charge in [-0.25, -0.2) is 12.7 Å². The highest BCUT2D eigenvalue weighted by Crippen LogP contribution is 2.23. The van der Waals surface area contributed by atoms with Gasteiger partial charge in [-0.1, -0.05) is 43.7 Å². The van der Waals surface area contributed by atoms with Gasteiger partial charge in [0.25, 0.3) is 0 Å². The first kappa shape index (κ1) is 18.9. The second kappa shape index (κ2) is 8.62. The van der Waals surface area contributed by atoms with Gasteiger partial charge in [0.1, 0.15) is 0 Å². The molecule has 1 aliphatic rings. The molecule has 1 fully saturated rings. The number of nitrogens with one attached hydrogen (secondary N) is 1. The maximum atomic E-state index is 12.6. The standard InChI is InChI=1S/C18H28N2O3S/c1-3-8-17(15-9-6-5-7-10-15)19-18(21)16-11-13-20(14-12-16)24(22,23)4-2/h5-7,9-10,16-17H,3-4,8,11-14H2,1-2H3,(H,19,21). The van der Waals surface area contributed by atoms with Crippen molar-refractivity contribution in [3.8, 4) is 0 Å². The Morgan fingerprint density at radius 2 is 1.83 bits per heavy atom. The zero-order valence-corrected chi connectivity index (χ0v) is 15.4. The molecule has 1 aromatic carbocycles. The molecule has 1 unspecified atom stereocenters. The molecule has 0 saturated carbocycles. The second-order valence-corrected chi connectivity index (χ2v) is 8.59. The lowest BCUT2D eigenvalue weighted by atomic mass is 9.95. The van der Waals surface area contributed by atoms with Crippen LogP contribution in [0.1, 0.15) is 51.1 Å². The lowest BCUT2D eigenvalue weighted by Crippen LogP contribution is -2.44. The summed E-state index contributed by atoms with van der Waals surface area (Å²) in [4.78, 5) is 12.6. The number of piperidine rings is 1. The maximum Gasteiger partial charge on any atom is 0.223 e. The second-order valence-electron chi connectivity index (χ2n) is 6.33. The first-order chi connectivity index (χ1) is 11.5. The Morgan fingerprint density at radius 3 is 2.38 bits per heavy atom. The third kappa shape index (κ3) is 4.80. The van der Waals surface area contributed by atoms with E-state index in [0.717, 1.165) is 18.4 Å². The molecule has 6 heteroatoms. The minimum atomic E-state index is -3.14. The molecule has 5 nitrogen and oxygen atoms in total. The molecule has 134 valence electrons. The van der Waals surface area contributed by atoms with Crippen molar-refractivity contribution in [3.63, 3.8) is 0 Å². The number of nitrogens with zero attached hydrogens (tertiary/aromatic N) is 1. The van der Waals surface area contributed by atoms with Crippen LogP contribution in [0, 0.1) is 5.92 Å². The Morgan fingerprint density at radius 1 is 1.21 bits per heavy atom. The Balaban J connectivity index is 1.95. The van der Waals surface area contributed by atoms with Gasteiger partial charge in [-0.05, 0) is 31.7 Å². The summed E-state index contributed by atoms with van der Waals surface area (Å²) >= 11 is 0. The fourth-order valence-electron chi connectivity index (χ4n) is 3.16. The van der Waals surface area contributed by atoms with Gasteiger partial charge in [0.15, 0.2) is 0 Å². The average Bonchev–Trinajstić information content (AvgIpc) is 2.62. The largest absolute Gasteiger partial charge is 0.349 e. The average molecular weight is 353 g/mol. The van der Waals surface area contributed by atoms with E-state index in [4.69, 9.17) is 0 Å². The molecule has 1 aromatic rings. The van der Waals surface area contributed by atoms with E-state index in [1.54, 1.807) is 6.92 Å². The molecule has 1 atom stereocenters. The van der Waals surface area contributed by atoms with Crippen molar-refractivity contribution in [1.82, 2.24) is 9.62 Å². The number of hydrogen-bond donors (Lipinski definition) is 1. The van der Waals surface area contributed by atoms with Crippen LogP contribution in [-0.2, 0) is 14.8 Å². The molecule has 0 aromatic heterocycles. The molecule has 0 aliphatic carbocycles. The lowest BCUT2D eigenvalue weighted by Gasteiger charge is -2.31. The van der Waals surface area contributed by atoms with Crippen LogP contribution in [0.25, 0.3) is 0 Å². The highest BCUT2D eigenvalue weighted by Gasteiger charge is 2.30. The topological polar surface area (TPSA) is 66.5 Å².